The molecular weight excluding hydrogens is 234 g/mol. The van der Waals surface area contributed by atoms with Gasteiger partial charge in [0.05, 0.1) is 0 Å². The Morgan fingerprint density at radius 1 is 1.26 bits per heavy atom. The van der Waals surface area contributed by atoms with E-state index in [1.165, 1.54) is 43.7 Å². The van der Waals surface area contributed by atoms with E-state index < -0.39 is 0 Å². The Balaban J connectivity index is 1.91. The molecule has 0 radical (unpaired) electrons. The van der Waals surface area contributed by atoms with Crippen LogP contribution < -0.4 is 4.90 Å². The van der Waals surface area contributed by atoms with Crippen molar-refractivity contribution in [2.24, 2.45) is 11.8 Å². The first-order valence-electron chi connectivity index (χ1n) is 7.80. The van der Waals surface area contributed by atoms with Gasteiger partial charge in [-0.3, -0.25) is 0 Å². The Kier molecular flexibility index (Phi) is 3.46. The predicted molar refractivity (Wildman–Crippen MR) is 78.4 cm³/mol. The van der Waals surface area contributed by atoms with E-state index in [-0.39, 0.29) is 0 Å². The first-order chi connectivity index (χ1) is 9.19. The van der Waals surface area contributed by atoms with Crippen LogP contribution in [-0.2, 0) is 6.42 Å². The number of hydrogen-bond acceptors (Lipinski definition) is 3. The van der Waals surface area contributed by atoms with Gasteiger partial charge in [0.2, 0.25) is 0 Å². The van der Waals surface area contributed by atoms with Crippen molar-refractivity contribution in [1.29, 1.82) is 0 Å². The standard InChI is InChI=1S/C16H25N3/c1-4-13-9-16(18-12(3)17-13)19-10-11(2)14-7-5-6-8-15(14)19/h9,11,14-15H,4-8,10H2,1-3H3. The third kappa shape index (κ3) is 2.35. The summed E-state index contributed by atoms with van der Waals surface area (Å²) in [6, 6.07) is 2.93. The van der Waals surface area contributed by atoms with Crippen LogP contribution in [0.4, 0.5) is 5.82 Å². The Bertz CT molecular complexity index is 457. The van der Waals surface area contributed by atoms with Gasteiger partial charge in [0, 0.05) is 24.3 Å². The minimum atomic E-state index is 0.725. The van der Waals surface area contributed by atoms with Crippen molar-refractivity contribution >= 4 is 5.82 Å². The lowest BCUT2D eigenvalue weighted by Gasteiger charge is -2.33. The minimum Gasteiger partial charge on any atom is -0.353 e. The lowest BCUT2D eigenvalue weighted by atomic mass is 9.80. The maximum Gasteiger partial charge on any atom is 0.132 e. The summed E-state index contributed by atoms with van der Waals surface area (Å²) in [5.74, 6) is 3.78. The van der Waals surface area contributed by atoms with Crippen LogP contribution in [0.2, 0.25) is 0 Å². The highest BCUT2D eigenvalue weighted by molar-refractivity contribution is 5.43. The molecule has 2 aliphatic rings. The summed E-state index contributed by atoms with van der Waals surface area (Å²) in [4.78, 5) is 11.8. The lowest BCUT2D eigenvalue weighted by Crippen LogP contribution is -2.35. The second-order valence-corrected chi connectivity index (χ2v) is 6.26. The molecule has 19 heavy (non-hydrogen) atoms. The zero-order valence-electron chi connectivity index (χ0n) is 12.4. The smallest absolute Gasteiger partial charge is 0.132 e. The summed E-state index contributed by atoms with van der Waals surface area (Å²) in [7, 11) is 0. The second-order valence-electron chi connectivity index (χ2n) is 6.26. The summed E-state index contributed by atoms with van der Waals surface area (Å²) >= 11 is 0. The van der Waals surface area contributed by atoms with E-state index in [0.29, 0.717) is 0 Å². The van der Waals surface area contributed by atoms with Crippen molar-refractivity contribution in [3.05, 3.63) is 17.6 Å². The number of aryl methyl sites for hydroxylation is 2. The molecule has 3 nitrogen and oxygen atoms in total. The molecule has 3 rings (SSSR count). The van der Waals surface area contributed by atoms with Crippen molar-refractivity contribution in [1.82, 2.24) is 9.97 Å². The van der Waals surface area contributed by atoms with Crippen LogP contribution in [0, 0.1) is 18.8 Å². The Hall–Kier alpha value is -1.12. The molecule has 1 saturated carbocycles. The van der Waals surface area contributed by atoms with Crippen molar-refractivity contribution in [2.75, 3.05) is 11.4 Å². The SMILES string of the molecule is CCc1cc(N2CC(C)C3CCCCC32)nc(C)n1. The van der Waals surface area contributed by atoms with E-state index >= 15 is 0 Å². The van der Waals surface area contributed by atoms with Crippen molar-refractivity contribution in [3.63, 3.8) is 0 Å². The molecule has 0 amide bonds. The van der Waals surface area contributed by atoms with Gasteiger partial charge >= 0.3 is 0 Å². The van der Waals surface area contributed by atoms with Gasteiger partial charge in [0.1, 0.15) is 11.6 Å². The molecule has 3 atom stereocenters. The summed E-state index contributed by atoms with van der Waals surface area (Å²) < 4.78 is 0. The monoisotopic (exact) mass is 259 g/mol. The molecule has 1 aliphatic carbocycles. The number of aromatic nitrogens is 2. The van der Waals surface area contributed by atoms with Gasteiger partial charge in [-0.1, -0.05) is 26.7 Å². The van der Waals surface area contributed by atoms with Gasteiger partial charge < -0.3 is 4.90 Å². The number of rotatable bonds is 2. The Labute approximate surface area is 116 Å². The molecule has 1 aliphatic heterocycles. The van der Waals surface area contributed by atoms with E-state index in [1.807, 2.05) is 6.92 Å². The predicted octanol–water partition coefficient (Wildman–Crippen LogP) is 3.36. The third-order valence-corrected chi connectivity index (χ3v) is 4.93. The summed E-state index contributed by atoms with van der Waals surface area (Å²) in [5, 5.41) is 0. The van der Waals surface area contributed by atoms with Crippen LogP contribution in [0.5, 0.6) is 0 Å². The lowest BCUT2D eigenvalue weighted by molar-refractivity contribution is 0.293. The normalized spacial score (nSPS) is 30.5. The van der Waals surface area contributed by atoms with Crippen molar-refractivity contribution in [2.45, 2.75) is 58.9 Å². The molecule has 1 aromatic heterocycles. The van der Waals surface area contributed by atoms with E-state index in [2.05, 4.69) is 29.8 Å². The molecule has 3 heteroatoms. The van der Waals surface area contributed by atoms with Crippen molar-refractivity contribution in [3.8, 4) is 0 Å². The quantitative estimate of drug-likeness (QED) is 0.815. The first kappa shape index (κ1) is 12.9. The molecule has 1 aromatic rings. The molecule has 0 spiro atoms. The van der Waals surface area contributed by atoms with E-state index in [1.54, 1.807) is 0 Å². The van der Waals surface area contributed by atoms with Gasteiger partial charge in [-0.2, -0.15) is 0 Å². The van der Waals surface area contributed by atoms with Crippen LogP contribution in [0.1, 0.15) is 51.0 Å². The highest BCUT2D eigenvalue weighted by atomic mass is 15.2. The van der Waals surface area contributed by atoms with Gasteiger partial charge in [0.25, 0.3) is 0 Å². The largest absolute Gasteiger partial charge is 0.353 e. The minimum absolute atomic E-state index is 0.725. The molecule has 0 N–H and O–H groups in total. The highest BCUT2D eigenvalue weighted by Gasteiger charge is 2.41. The third-order valence-electron chi connectivity index (χ3n) is 4.93. The molecule has 1 saturated heterocycles. The van der Waals surface area contributed by atoms with Crippen LogP contribution >= 0.6 is 0 Å². The average Bonchev–Trinajstić information content (AvgIpc) is 2.76. The molecule has 0 aromatic carbocycles. The van der Waals surface area contributed by atoms with Gasteiger partial charge in [-0.15, -0.1) is 0 Å². The van der Waals surface area contributed by atoms with Gasteiger partial charge in [0.15, 0.2) is 0 Å². The van der Waals surface area contributed by atoms with Crippen molar-refractivity contribution < 1.29 is 0 Å². The first-order valence-corrected chi connectivity index (χ1v) is 7.80. The number of hydrogen-bond donors (Lipinski definition) is 0. The maximum atomic E-state index is 4.70. The Morgan fingerprint density at radius 2 is 2.05 bits per heavy atom. The highest BCUT2D eigenvalue weighted by Crippen LogP contribution is 2.41. The number of nitrogens with zero attached hydrogens (tertiary/aromatic N) is 3. The molecule has 2 fully saturated rings. The second kappa shape index (κ2) is 5.10. The van der Waals surface area contributed by atoms with Gasteiger partial charge in [-0.05, 0) is 38.0 Å². The fourth-order valence-corrected chi connectivity index (χ4v) is 3.98. The number of fused-ring (bicyclic) bond motifs is 1. The summed E-state index contributed by atoms with van der Waals surface area (Å²) in [5.41, 5.74) is 1.18. The van der Waals surface area contributed by atoms with Crippen LogP contribution in [0.25, 0.3) is 0 Å². The molecule has 104 valence electrons. The Morgan fingerprint density at radius 3 is 2.84 bits per heavy atom. The zero-order chi connectivity index (χ0) is 13.4. The molecule has 2 heterocycles. The fraction of sp³-hybridized carbons (Fsp3) is 0.750. The number of anilines is 1. The molecule has 3 unspecified atom stereocenters. The van der Waals surface area contributed by atoms with Crippen LogP contribution in [-0.4, -0.2) is 22.6 Å². The van der Waals surface area contributed by atoms with Gasteiger partial charge in [-0.25, -0.2) is 9.97 Å². The summed E-state index contributed by atoms with van der Waals surface area (Å²) in [6.07, 6.45) is 6.55. The van der Waals surface area contributed by atoms with Crippen LogP contribution in [0.3, 0.4) is 0 Å². The van der Waals surface area contributed by atoms with E-state index in [4.69, 9.17) is 4.98 Å². The maximum absolute atomic E-state index is 4.70. The van der Waals surface area contributed by atoms with Crippen LogP contribution in [0.15, 0.2) is 6.07 Å². The van der Waals surface area contributed by atoms with E-state index in [9.17, 15) is 0 Å². The van der Waals surface area contributed by atoms with E-state index in [0.717, 1.165) is 30.1 Å². The average molecular weight is 259 g/mol. The fourth-order valence-electron chi connectivity index (χ4n) is 3.98. The zero-order valence-corrected chi connectivity index (χ0v) is 12.4. The molecule has 0 bridgehead atoms. The summed E-state index contributed by atoms with van der Waals surface area (Å²) in [6.45, 7) is 7.77. The molecular formula is C16H25N3. The topological polar surface area (TPSA) is 29.0 Å².